The molecule has 0 unspecified atom stereocenters. The van der Waals surface area contributed by atoms with Crippen LogP contribution in [0.3, 0.4) is 0 Å². The first-order chi connectivity index (χ1) is 14.0. The zero-order valence-electron chi connectivity index (χ0n) is 17.2. The standard InChI is InChI=1S/C25H29F3O/c1-3-4-15-29-23-14-13-21(24(27)25(23)28)19-10-6-18(7-11-19)8-12-20-9-5-17(2)16-22(20)26/h5,8-9,12-14,16,18-19H,3-4,6-7,10-11,15H2,1-2H3/b12-8+. The van der Waals surface area contributed by atoms with Gasteiger partial charge >= 0.3 is 0 Å². The third-order valence-electron chi connectivity index (χ3n) is 5.75. The van der Waals surface area contributed by atoms with Gasteiger partial charge in [-0.1, -0.05) is 43.7 Å². The molecule has 156 valence electrons. The highest BCUT2D eigenvalue weighted by atomic mass is 19.2. The van der Waals surface area contributed by atoms with E-state index < -0.39 is 11.6 Å². The summed E-state index contributed by atoms with van der Waals surface area (Å²) in [5.41, 5.74) is 1.93. The largest absolute Gasteiger partial charge is 0.490 e. The molecule has 1 aliphatic rings. The number of ether oxygens (including phenoxy) is 1. The zero-order valence-corrected chi connectivity index (χ0v) is 17.2. The van der Waals surface area contributed by atoms with Crippen molar-refractivity contribution in [2.24, 2.45) is 5.92 Å². The molecule has 0 radical (unpaired) electrons. The minimum absolute atomic E-state index is 0.00329. The lowest BCUT2D eigenvalue weighted by molar-refractivity contribution is 0.286. The van der Waals surface area contributed by atoms with Gasteiger partial charge in [0.05, 0.1) is 6.61 Å². The maximum Gasteiger partial charge on any atom is 0.200 e. The Morgan fingerprint density at radius 3 is 2.45 bits per heavy atom. The minimum atomic E-state index is -0.879. The summed E-state index contributed by atoms with van der Waals surface area (Å²) < 4.78 is 48.3. The molecule has 1 fully saturated rings. The Labute approximate surface area is 171 Å². The van der Waals surface area contributed by atoms with E-state index in [1.165, 1.54) is 6.07 Å². The average molecular weight is 403 g/mol. The lowest BCUT2D eigenvalue weighted by Crippen LogP contribution is -2.14. The van der Waals surface area contributed by atoms with Crippen molar-refractivity contribution in [1.29, 1.82) is 0 Å². The molecule has 1 nitrogen and oxygen atoms in total. The number of allylic oxidation sites excluding steroid dienone is 1. The summed E-state index contributed by atoms with van der Waals surface area (Å²) in [4.78, 5) is 0. The van der Waals surface area contributed by atoms with Crippen molar-refractivity contribution >= 4 is 6.08 Å². The summed E-state index contributed by atoms with van der Waals surface area (Å²) in [6.45, 7) is 4.28. The van der Waals surface area contributed by atoms with Crippen molar-refractivity contribution in [3.63, 3.8) is 0 Å². The molecule has 0 saturated heterocycles. The second-order valence-electron chi connectivity index (χ2n) is 7.98. The summed E-state index contributed by atoms with van der Waals surface area (Å²) in [6.07, 6.45) is 8.97. The fourth-order valence-electron chi connectivity index (χ4n) is 3.93. The molecule has 1 aliphatic carbocycles. The van der Waals surface area contributed by atoms with Gasteiger partial charge in [0.2, 0.25) is 5.82 Å². The van der Waals surface area contributed by atoms with Crippen molar-refractivity contribution < 1.29 is 17.9 Å². The minimum Gasteiger partial charge on any atom is -0.490 e. The lowest BCUT2D eigenvalue weighted by Gasteiger charge is -2.27. The van der Waals surface area contributed by atoms with Crippen molar-refractivity contribution in [3.05, 3.63) is 70.5 Å². The van der Waals surface area contributed by atoms with Crippen LogP contribution in [-0.4, -0.2) is 6.61 Å². The van der Waals surface area contributed by atoms with Gasteiger partial charge in [0, 0.05) is 5.56 Å². The first-order valence-corrected chi connectivity index (χ1v) is 10.5. The number of hydrogen-bond acceptors (Lipinski definition) is 1. The van der Waals surface area contributed by atoms with E-state index in [1.807, 2.05) is 32.1 Å². The molecule has 29 heavy (non-hydrogen) atoms. The molecule has 0 aliphatic heterocycles. The van der Waals surface area contributed by atoms with Crippen molar-refractivity contribution in [3.8, 4) is 5.75 Å². The Bertz CT molecular complexity index is 851. The fraction of sp³-hybridized carbons (Fsp3) is 0.440. The van der Waals surface area contributed by atoms with Crippen LogP contribution >= 0.6 is 0 Å². The molecule has 0 amide bonds. The number of rotatable bonds is 7. The smallest absolute Gasteiger partial charge is 0.200 e. The molecule has 0 bridgehead atoms. The molecular formula is C25H29F3O. The summed E-state index contributed by atoms with van der Waals surface area (Å²) in [5, 5.41) is 0. The van der Waals surface area contributed by atoms with E-state index in [2.05, 4.69) is 0 Å². The quantitative estimate of drug-likeness (QED) is 0.434. The normalized spacial score (nSPS) is 19.6. The Balaban J connectivity index is 1.60. The maximum absolute atomic E-state index is 14.6. The van der Waals surface area contributed by atoms with Crippen LogP contribution in [0.4, 0.5) is 13.2 Å². The number of benzene rings is 2. The highest BCUT2D eigenvalue weighted by Gasteiger charge is 2.25. The molecule has 0 aromatic heterocycles. The van der Waals surface area contributed by atoms with Crippen molar-refractivity contribution in [2.75, 3.05) is 6.61 Å². The van der Waals surface area contributed by atoms with Gasteiger partial charge < -0.3 is 4.74 Å². The van der Waals surface area contributed by atoms with Crippen LogP contribution < -0.4 is 4.74 Å². The van der Waals surface area contributed by atoms with Crippen LogP contribution in [0.2, 0.25) is 0 Å². The van der Waals surface area contributed by atoms with Gasteiger partial charge in [-0.2, -0.15) is 4.39 Å². The number of hydrogen-bond donors (Lipinski definition) is 0. The molecule has 0 spiro atoms. The summed E-state index contributed by atoms with van der Waals surface area (Å²) >= 11 is 0. The van der Waals surface area contributed by atoms with Crippen LogP contribution in [-0.2, 0) is 0 Å². The SMILES string of the molecule is CCCCOc1ccc(C2CCC(/C=C/c3ccc(C)cc3F)CC2)c(F)c1F. The third kappa shape index (κ3) is 5.43. The number of unbranched alkanes of at least 4 members (excludes halogenated alkanes) is 1. The molecule has 0 N–H and O–H groups in total. The molecule has 2 aromatic rings. The first kappa shape index (κ1) is 21.5. The summed E-state index contributed by atoms with van der Waals surface area (Å²) in [6, 6.07) is 8.43. The average Bonchev–Trinajstić information content (AvgIpc) is 2.71. The second-order valence-corrected chi connectivity index (χ2v) is 7.98. The number of aryl methyl sites for hydroxylation is 1. The van der Waals surface area contributed by atoms with E-state index in [-0.39, 0.29) is 17.5 Å². The molecule has 0 atom stereocenters. The fourth-order valence-corrected chi connectivity index (χ4v) is 3.93. The molecule has 0 heterocycles. The Morgan fingerprint density at radius 1 is 1.00 bits per heavy atom. The van der Waals surface area contributed by atoms with E-state index in [1.54, 1.807) is 18.2 Å². The van der Waals surface area contributed by atoms with E-state index in [9.17, 15) is 13.2 Å². The molecule has 3 rings (SSSR count). The van der Waals surface area contributed by atoms with Gasteiger partial charge in [-0.25, -0.2) is 8.78 Å². The van der Waals surface area contributed by atoms with E-state index in [0.717, 1.165) is 44.1 Å². The Kier molecular flexibility index (Phi) is 7.40. The maximum atomic E-state index is 14.6. The monoisotopic (exact) mass is 402 g/mol. The zero-order chi connectivity index (χ0) is 20.8. The predicted octanol–water partition coefficient (Wildman–Crippen LogP) is 7.58. The molecule has 1 saturated carbocycles. The van der Waals surface area contributed by atoms with Gasteiger partial charge in [-0.3, -0.25) is 0 Å². The van der Waals surface area contributed by atoms with Gasteiger partial charge in [-0.05, 0) is 74.1 Å². The predicted molar refractivity (Wildman–Crippen MR) is 112 cm³/mol. The molecular weight excluding hydrogens is 373 g/mol. The van der Waals surface area contributed by atoms with Gasteiger partial charge in [0.15, 0.2) is 11.6 Å². The Morgan fingerprint density at radius 2 is 1.76 bits per heavy atom. The highest BCUT2D eigenvalue weighted by molar-refractivity contribution is 5.51. The third-order valence-corrected chi connectivity index (χ3v) is 5.75. The number of halogens is 3. The first-order valence-electron chi connectivity index (χ1n) is 10.5. The van der Waals surface area contributed by atoms with Gasteiger partial charge in [0.25, 0.3) is 0 Å². The van der Waals surface area contributed by atoms with E-state index in [0.29, 0.717) is 23.7 Å². The van der Waals surface area contributed by atoms with Crippen LogP contribution in [0.25, 0.3) is 6.08 Å². The molecule has 2 aromatic carbocycles. The summed E-state index contributed by atoms with van der Waals surface area (Å²) in [5.74, 6) is -1.54. The van der Waals surface area contributed by atoms with Crippen LogP contribution in [0.15, 0.2) is 36.4 Å². The van der Waals surface area contributed by atoms with Gasteiger partial charge in [-0.15, -0.1) is 0 Å². The van der Waals surface area contributed by atoms with Crippen molar-refractivity contribution in [2.45, 2.75) is 58.3 Å². The summed E-state index contributed by atoms with van der Waals surface area (Å²) in [7, 11) is 0. The lowest BCUT2D eigenvalue weighted by atomic mass is 9.78. The highest BCUT2D eigenvalue weighted by Crippen LogP contribution is 2.39. The van der Waals surface area contributed by atoms with Gasteiger partial charge in [0.1, 0.15) is 5.82 Å². The van der Waals surface area contributed by atoms with Crippen LogP contribution in [0.1, 0.15) is 68.1 Å². The van der Waals surface area contributed by atoms with Crippen LogP contribution in [0.5, 0.6) is 5.75 Å². The Hall–Kier alpha value is -2.23. The topological polar surface area (TPSA) is 9.23 Å². The van der Waals surface area contributed by atoms with E-state index >= 15 is 0 Å². The van der Waals surface area contributed by atoms with E-state index in [4.69, 9.17) is 4.74 Å². The van der Waals surface area contributed by atoms with Crippen LogP contribution in [0, 0.1) is 30.3 Å². The second kappa shape index (κ2) is 10.00. The van der Waals surface area contributed by atoms with Crippen molar-refractivity contribution in [1.82, 2.24) is 0 Å². The molecule has 4 heteroatoms.